The Hall–Kier alpha value is -1.95. The summed E-state index contributed by atoms with van der Waals surface area (Å²) in [5.74, 6) is 1.60. The topological polar surface area (TPSA) is 49.8 Å². The number of carbonyl (C=O) groups is 1. The zero-order chi connectivity index (χ0) is 18.9. The molecular formula is C20H26FNO3S. The van der Waals surface area contributed by atoms with Crippen LogP contribution in [0, 0.1) is 11.7 Å². The van der Waals surface area contributed by atoms with Crippen LogP contribution in [-0.2, 0) is 11.2 Å². The molecule has 6 heteroatoms. The Morgan fingerprint density at radius 1 is 1.35 bits per heavy atom. The lowest BCUT2D eigenvalue weighted by Crippen LogP contribution is -2.28. The number of thioether (sulfide) groups is 1. The average molecular weight is 379 g/mol. The zero-order valence-electron chi connectivity index (χ0n) is 15.3. The lowest BCUT2D eigenvalue weighted by Gasteiger charge is -2.30. The monoisotopic (exact) mass is 379 g/mol. The smallest absolute Gasteiger partial charge is 0.449 e. The van der Waals surface area contributed by atoms with Gasteiger partial charge in [0.25, 0.3) is 0 Å². The molecule has 0 fully saturated rings. The number of hydrogen-bond donors (Lipinski definition) is 1. The predicted molar refractivity (Wildman–Crippen MR) is 103 cm³/mol. The van der Waals surface area contributed by atoms with Crippen molar-refractivity contribution in [1.82, 2.24) is 4.90 Å². The number of aryl methyl sites for hydroxylation is 1. The van der Waals surface area contributed by atoms with Crippen LogP contribution in [0.4, 0.5) is 9.18 Å². The number of carboxylic acid groups (broad SMARTS) is 1. The van der Waals surface area contributed by atoms with E-state index in [0.29, 0.717) is 11.7 Å². The van der Waals surface area contributed by atoms with Gasteiger partial charge in [-0.1, -0.05) is 32.1 Å². The fourth-order valence-electron chi connectivity index (χ4n) is 2.63. The molecule has 1 heterocycles. The molecular weight excluding hydrogens is 353 g/mol. The Labute approximate surface area is 158 Å². The molecule has 1 aliphatic rings. The molecule has 0 bridgehead atoms. The van der Waals surface area contributed by atoms with Gasteiger partial charge >= 0.3 is 6.16 Å². The van der Waals surface area contributed by atoms with Gasteiger partial charge in [-0.15, -0.1) is 11.8 Å². The number of allylic oxidation sites excluding steroid dienone is 1. The van der Waals surface area contributed by atoms with Crippen LogP contribution in [0.3, 0.4) is 0 Å². The molecule has 1 aromatic rings. The largest absolute Gasteiger partial charge is 0.511 e. The van der Waals surface area contributed by atoms with E-state index in [0.717, 1.165) is 48.7 Å². The van der Waals surface area contributed by atoms with Gasteiger partial charge < -0.3 is 14.7 Å². The maximum absolute atomic E-state index is 13.0. The number of hydrogen-bond acceptors (Lipinski definition) is 4. The third kappa shape index (κ3) is 6.75. The standard InChI is InChI=1S/C20H26FNO3S/c1-15(2)11-13-22-12-3-6-18(25-20(23)24)19(22)26-14-4-5-16-7-9-17(21)10-8-16/h3,6-10,15H,4-5,11-14H2,1-2H3,(H,23,24). The van der Waals surface area contributed by atoms with E-state index < -0.39 is 6.16 Å². The molecule has 0 aromatic heterocycles. The van der Waals surface area contributed by atoms with Crippen LogP contribution in [0.15, 0.2) is 47.2 Å². The molecule has 0 atom stereocenters. The van der Waals surface area contributed by atoms with E-state index >= 15 is 0 Å². The van der Waals surface area contributed by atoms with E-state index in [-0.39, 0.29) is 5.82 Å². The first kappa shape index (κ1) is 20.4. The summed E-state index contributed by atoms with van der Waals surface area (Å²) in [5.41, 5.74) is 1.10. The van der Waals surface area contributed by atoms with Gasteiger partial charge in [0.05, 0.1) is 0 Å². The SMILES string of the molecule is CC(C)CCN1CC=CC(OC(=O)O)=C1SCCCc1ccc(F)cc1. The molecule has 0 spiro atoms. The van der Waals surface area contributed by atoms with Crippen molar-refractivity contribution in [3.63, 3.8) is 0 Å². The highest BCUT2D eigenvalue weighted by molar-refractivity contribution is 8.03. The van der Waals surface area contributed by atoms with Crippen LogP contribution in [0.25, 0.3) is 0 Å². The van der Waals surface area contributed by atoms with Crippen LogP contribution in [0.5, 0.6) is 0 Å². The molecule has 26 heavy (non-hydrogen) atoms. The maximum Gasteiger partial charge on any atom is 0.511 e. The lowest BCUT2D eigenvalue weighted by atomic mass is 10.1. The molecule has 0 saturated heterocycles. The van der Waals surface area contributed by atoms with Gasteiger partial charge in [0.2, 0.25) is 0 Å². The first-order valence-electron chi connectivity index (χ1n) is 8.89. The van der Waals surface area contributed by atoms with Crippen molar-refractivity contribution in [3.8, 4) is 0 Å². The van der Waals surface area contributed by atoms with E-state index in [9.17, 15) is 9.18 Å². The molecule has 1 aliphatic heterocycles. The van der Waals surface area contributed by atoms with E-state index in [1.54, 1.807) is 30.0 Å². The predicted octanol–water partition coefficient (Wildman–Crippen LogP) is 5.27. The highest BCUT2D eigenvalue weighted by Gasteiger charge is 2.20. The highest BCUT2D eigenvalue weighted by atomic mass is 32.2. The number of ether oxygens (including phenoxy) is 1. The van der Waals surface area contributed by atoms with E-state index in [2.05, 4.69) is 18.7 Å². The number of nitrogens with zero attached hydrogens (tertiary/aromatic N) is 1. The second kappa shape index (κ2) is 10.3. The van der Waals surface area contributed by atoms with Gasteiger partial charge in [-0.2, -0.15) is 0 Å². The van der Waals surface area contributed by atoms with Crippen LogP contribution < -0.4 is 0 Å². The second-order valence-electron chi connectivity index (χ2n) is 6.65. The van der Waals surface area contributed by atoms with Crippen molar-refractivity contribution in [1.29, 1.82) is 0 Å². The number of rotatable bonds is 9. The summed E-state index contributed by atoms with van der Waals surface area (Å²) in [5, 5.41) is 9.87. The molecule has 0 radical (unpaired) electrons. The molecule has 0 amide bonds. The summed E-state index contributed by atoms with van der Waals surface area (Å²) >= 11 is 1.62. The summed E-state index contributed by atoms with van der Waals surface area (Å²) in [6, 6.07) is 6.56. The fraction of sp³-hybridized carbons (Fsp3) is 0.450. The normalized spacial score (nSPS) is 14.2. The Kier molecular flexibility index (Phi) is 8.04. The van der Waals surface area contributed by atoms with Crippen molar-refractivity contribution in [2.75, 3.05) is 18.8 Å². The van der Waals surface area contributed by atoms with Gasteiger partial charge in [0, 0.05) is 13.1 Å². The summed E-state index contributed by atoms with van der Waals surface area (Å²) in [4.78, 5) is 13.2. The van der Waals surface area contributed by atoms with E-state index in [1.165, 1.54) is 12.1 Å². The second-order valence-corrected chi connectivity index (χ2v) is 7.73. The van der Waals surface area contributed by atoms with Crippen molar-refractivity contribution in [2.45, 2.75) is 33.1 Å². The van der Waals surface area contributed by atoms with Gasteiger partial charge in [0.15, 0.2) is 5.76 Å². The summed E-state index contributed by atoms with van der Waals surface area (Å²) < 4.78 is 17.9. The Morgan fingerprint density at radius 3 is 2.73 bits per heavy atom. The van der Waals surface area contributed by atoms with Crippen LogP contribution in [-0.4, -0.2) is 35.0 Å². The van der Waals surface area contributed by atoms with Gasteiger partial charge in [-0.05, 0) is 54.7 Å². The first-order valence-corrected chi connectivity index (χ1v) is 9.88. The third-order valence-electron chi connectivity index (χ3n) is 4.03. The Morgan fingerprint density at radius 2 is 2.08 bits per heavy atom. The van der Waals surface area contributed by atoms with E-state index in [4.69, 9.17) is 9.84 Å². The number of benzene rings is 1. The minimum Gasteiger partial charge on any atom is -0.449 e. The van der Waals surface area contributed by atoms with Crippen molar-refractivity contribution < 1.29 is 19.0 Å². The molecule has 0 saturated carbocycles. The summed E-state index contributed by atoms with van der Waals surface area (Å²) in [6.07, 6.45) is 5.19. The van der Waals surface area contributed by atoms with E-state index in [1.807, 2.05) is 6.08 Å². The summed E-state index contributed by atoms with van der Waals surface area (Å²) in [6.45, 7) is 5.98. The fourth-order valence-corrected chi connectivity index (χ4v) is 3.72. The van der Waals surface area contributed by atoms with Crippen molar-refractivity contribution >= 4 is 17.9 Å². The van der Waals surface area contributed by atoms with Crippen LogP contribution in [0.2, 0.25) is 0 Å². The molecule has 4 nitrogen and oxygen atoms in total. The van der Waals surface area contributed by atoms with Gasteiger partial charge in [-0.3, -0.25) is 0 Å². The van der Waals surface area contributed by atoms with Crippen molar-refractivity contribution in [2.24, 2.45) is 5.92 Å². The minimum absolute atomic E-state index is 0.224. The van der Waals surface area contributed by atoms with Gasteiger partial charge in [-0.25, -0.2) is 9.18 Å². The van der Waals surface area contributed by atoms with Crippen molar-refractivity contribution in [3.05, 3.63) is 58.6 Å². The third-order valence-corrected chi connectivity index (χ3v) is 5.25. The molecule has 1 aromatic carbocycles. The maximum atomic E-state index is 13.0. The Bertz CT molecular complexity index is 656. The highest BCUT2D eigenvalue weighted by Crippen LogP contribution is 2.30. The Balaban J connectivity index is 1.96. The van der Waals surface area contributed by atoms with Crippen LogP contribution in [0.1, 0.15) is 32.3 Å². The minimum atomic E-state index is -1.29. The van der Waals surface area contributed by atoms with Gasteiger partial charge in [0.1, 0.15) is 10.8 Å². The molecule has 2 rings (SSSR count). The molecule has 0 unspecified atom stereocenters. The van der Waals surface area contributed by atoms with Crippen LogP contribution >= 0.6 is 11.8 Å². The summed E-state index contributed by atoms with van der Waals surface area (Å²) in [7, 11) is 0. The molecule has 142 valence electrons. The molecule has 1 N–H and O–H groups in total. The number of halogens is 1. The first-order chi connectivity index (χ1) is 12.5. The molecule has 0 aliphatic carbocycles. The zero-order valence-corrected chi connectivity index (χ0v) is 16.1. The average Bonchev–Trinajstić information content (AvgIpc) is 2.59. The quantitative estimate of drug-likeness (QED) is 0.468. The lowest BCUT2D eigenvalue weighted by molar-refractivity contribution is 0.119.